The lowest BCUT2D eigenvalue weighted by Gasteiger charge is -2.36. The van der Waals surface area contributed by atoms with E-state index >= 15 is 0 Å². The van der Waals surface area contributed by atoms with Crippen LogP contribution in [0.5, 0.6) is 11.5 Å². The number of rotatable bonds is 6. The highest BCUT2D eigenvalue weighted by atomic mass is 79.9. The van der Waals surface area contributed by atoms with Crippen molar-refractivity contribution in [3.8, 4) is 11.5 Å². The molecule has 3 rings (SSSR count). The smallest absolute Gasteiger partial charge is 0.127 e. The summed E-state index contributed by atoms with van der Waals surface area (Å²) in [6.07, 6.45) is -0.188. The lowest BCUT2D eigenvalue weighted by atomic mass is 10.1. The zero-order valence-corrected chi connectivity index (χ0v) is 15.5. The third-order valence-electron chi connectivity index (χ3n) is 4.36. The molecule has 0 bridgehead atoms. The minimum Gasteiger partial charge on any atom is -0.496 e. The van der Waals surface area contributed by atoms with Crippen LogP contribution >= 0.6 is 15.9 Å². The van der Waals surface area contributed by atoms with Crippen molar-refractivity contribution in [2.24, 2.45) is 0 Å². The van der Waals surface area contributed by atoms with Crippen LogP contribution in [0.1, 0.15) is 16.7 Å². The van der Waals surface area contributed by atoms with Crippen molar-refractivity contribution in [1.29, 1.82) is 0 Å². The molecule has 0 amide bonds. The molecule has 1 heterocycles. The van der Waals surface area contributed by atoms with Crippen molar-refractivity contribution in [3.63, 3.8) is 0 Å². The molecular formula is C19H22BrNO3. The van der Waals surface area contributed by atoms with Crippen molar-refractivity contribution < 1.29 is 14.6 Å². The van der Waals surface area contributed by atoms with Gasteiger partial charge in [0.05, 0.1) is 13.2 Å². The zero-order valence-electron chi connectivity index (χ0n) is 14.0. The molecule has 4 nitrogen and oxygen atoms in total. The van der Waals surface area contributed by atoms with Gasteiger partial charge in [0.1, 0.15) is 18.1 Å². The second-order valence-corrected chi connectivity index (χ2v) is 6.99. The van der Waals surface area contributed by atoms with E-state index in [1.807, 2.05) is 30.3 Å². The summed E-state index contributed by atoms with van der Waals surface area (Å²) in [7, 11) is 1.67. The van der Waals surface area contributed by atoms with Crippen LogP contribution in [0.4, 0.5) is 0 Å². The molecule has 1 N–H and O–H groups in total. The van der Waals surface area contributed by atoms with E-state index in [9.17, 15) is 5.11 Å². The molecule has 0 unspecified atom stereocenters. The van der Waals surface area contributed by atoms with Crippen molar-refractivity contribution in [3.05, 3.63) is 57.6 Å². The van der Waals surface area contributed by atoms with Gasteiger partial charge in [-0.1, -0.05) is 34.1 Å². The largest absolute Gasteiger partial charge is 0.496 e. The summed E-state index contributed by atoms with van der Waals surface area (Å²) >= 11 is 3.55. The molecule has 0 saturated carbocycles. The number of methoxy groups -OCH3 is 1. The Morgan fingerprint density at radius 1 is 1.21 bits per heavy atom. The maximum atomic E-state index is 9.39. The minimum atomic E-state index is -0.188. The molecule has 1 aliphatic rings. The summed E-state index contributed by atoms with van der Waals surface area (Å²) in [6.45, 7) is 4.83. The van der Waals surface area contributed by atoms with E-state index in [2.05, 4.69) is 33.8 Å². The second-order valence-electron chi connectivity index (χ2n) is 6.13. The van der Waals surface area contributed by atoms with Crippen molar-refractivity contribution in [2.75, 3.05) is 20.2 Å². The van der Waals surface area contributed by atoms with Crippen LogP contribution in [0.3, 0.4) is 0 Å². The van der Waals surface area contributed by atoms with Crippen molar-refractivity contribution in [2.45, 2.75) is 26.2 Å². The van der Waals surface area contributed by atoms with E-state index in [4.69, 9.17) is 9.47 Å². The van der Waals surface area contributed by atoms with Gasteiger partial charge in [0.25, 0.3) is 0 Å². The van der Waals surface area contributed by atoms with Gasteiger partial charge in [-0.3, -0.25) is 4.90 Å². The molecule has 24 heavy (non-hydrogen) atoms. The highest BCUT2D eigenvalue weighted by Crippen LogP contribution is 2.28. The monoisotopic (exact) mass is 391 g/mol. The van der Waals surface area contributed by atoms with Crippen LogP contribution < -0.4 is 9.47 Å². The minimum absolute atomic E-state index is 0.188. The van der Waals surface area contributed by atoms with Gasteiger partial charge in [0.15, 0.2) is 0 Å². The Hall–Kier alpha value is -1.56. The maximum absolute atomic E-state index is 9.39. The van der Waals surface area contributed by atoms with Gasteiger partial charge in [-0.15, -0.1) is 0 Å². The topological polar surface area (TPSA) is 41.9 Å². The maximum Gasteiger partial charge on any atom is 0.127 e. The fraction of sp³-hybridized carbons (Fsp3) is 0.368. The molecule has 128 valence electrons. The van der Waals surface area contributed by atoms with Crippen LogP contribution in [0, 0.1) is 6.92 Å². The fourth-order valence-electron chi connectivity index (χ4n) is 2.83. The Labute approximate surface area is 151 Å². The summed E-state index contributed by atoms with van der Waals surface area (Å²) in [5, 5.41) is 9.39. The predicted octanol–water partition coefficient (Wildman–Crippen LogP) is 3.52. The number of halogens is 1. The summed E-state index contributed by atoms with van der Waals surface area (Å²) in [5.41, 5.74) is 3.45. The fourth-order valence-corrected chi connectivity index (χ4v) is 3.23. The molecule has 1 aliphatic heterocycles. The zero-order chi connectivity index (χ0) is 17.1. The quantitative estimate of drug-likeness (QED) is 0.817. The molecule has 0 aliphatic carbocycles. The van der Waals surface area contributed by atoms with Gasteiger partial charge in [0.2, 0.25) is 0 Å². The Balaban J connectivity index is 1.67. The highest BCUT2D eigenvalue weighted by Gasteiger charge is 2.25. The SMILES string of the molecule is COc1cc(OCc2cccc(Br)c2C)ccc1CN1CC(O)C1. The van der Waals surface area contributed by atoms with Gasteiger partial charge >= 0.3 is 0 Å². The molecular weight excluding hydrogens is 370 g/mol. The average molecular weight is 392 g/mol. The van der Waals surface area contributed by atoms with Gasteiger partial charge in [-0.25, -0.2) is 0 Å². The number of likely N-dealkylation sites (tertiary alicyclic amines) is 1. The number of aliphatic hydroxyl groups is 1. The number of aliphatic hydroxyl groups excluding tert-OH is 1. The normalized spacial score (nSPS) is 15.2. The molecule has 5 heteroatoms. The second kappa shape index (κ2) is 7.55. The van der Waals surface area contributed by atoms with Crippen LogP contribution in [0.2, 0.25) is 0 Å². The Morgan fingerprint density at radius 2 is 2.00 bits per heavy atom. The van der Waals surface area contributed by atoms with Gasteiger partial charge in [-0.05, 0) is 30.2 Å². The summed E-state index contributed by atoms with van der Waals surface area (Å²) in [5.74, 6) is 1.61. The molecule has 1 saturated heterocycles. The molecule has 2 aromatic carbocycles. The summed E-state index contributed by atoms with van der Waals surface area (Å²) in [4.78, 5) is 2.19. The standard InChI is InChI=1S/C19H22BrNO3/c1-13-15(4-3-5-18(13)20)12-24-17-7-6-14(19(8-17)23-2)9-21-10-16(22)11-21/h3-8,16,22H,9-12H2,1-2H3. The van der Waals surface area contributed by atoms with E-state index in [1.54, 1.807) is 7.11 Å². The third-order valence-corrected chi connectivity index (χ3v) is 5.22. The Bertz CT molecular complexity index is 714. The molecule has 1 fully saturated rings. The predicted molar refractivity (Wildman–Crippen MR) is 97.5 cm³/mol. The molecule has 0 spiro atoms. The number of benzene rings is 2. The first kappa shape index (κ1) is 17.3. The first-order chi connectivity index (χ1) is 11.6. The van der Waals surface area contributed by atoms with Crippen LogP contribution in [0.15, 0.2) is 40.9 Å². The summed E-state index contributed by atoms with van der Waals surface area (Å²) < 4.78 is 12.5. The van der Waals surface area contributed by atoms with E-state index < -0.39 is 0 Å². The molecule has 0 atom stereocenters. The lowest BCUT2D eigenvalue weighted by molar-refractivity contribution is -0.00322. The number of nitrogens with zero attached hydrogens (tertiary/aromatic N) is 1. The van der Waals surface area contributed by atoms with E-state index in [0.29, 0.717) is 6.61 Å². The van der Waals surface area contributed by atoms with Crippen molar-refractivity contribution >= 4 is 15.9 Å². The molecule has 2 aromatic rings. The summed E-state index contributed by atoms with van der Waals surface area (Å²) in [6, 6.07) is 12.1. The van der Waals surface area contributed by atoms with E-state index in [-0.39, 0.29) is 6.10 Å². The van der Waals surface area contributed by atoms with Crippen LogP contribution in [-0.4, -0.2) is 36.3 Å². The van der Waals surface area contributed by atoms with Gasteiger partial charge in [-0.2, -0.15) is 0 Å². The van der Waals surface area contributed by atoms with Crippen LogP contribution in [0.25, 0.3) is 0 Å². The third kappa shape index (κ3) is 3.91. The number of hydrogen-bond donors (Lipinski definition) is 1. The molecule has 0 aromatic heterocycles. The molecule has 0 radical (unpaired) electrons. The highest BCUT2D eigenvalue weighted by molar-refractivity contribution is 9.10. The van der Waals surface area contributed by atoms with E-state index in [1.165, 1.54) is 5.56 Å². The van der Waals surface area contributed by atoms with Gasteiger partial charge in [0, 0.05) is 35.7 Å². The van der Waals surface area contributed by atoms with Crippen LogP contribution in [-0.2, 0) is 13.2 Å². The average Bonchev–Trinajstić information content (AvgIpc) is 2.55. The Kier molecular flexibility index (Phi) is 5.43. The Morgan fingerprint density at radius 3 is 2.71 bits per heavy atom. The van der Waals surface area contributed by atoms with Gasteiger partial charge < -0.3 is 14.6 Å². The van der Waals surface area contributed by atoms with Crippen molar-refractivity contribution in [1.82, 2.24) is 4.90 Å². The number of hydrogen-bond acceptors (Lipinski definition) is 4. The first-order valence-electron chi connectivity index (χ1n) is 8.01. The number of β-amino-alcohol motifs (C(OH)–C–C–N with tert-alkyl or cyclic N) is 1. The first-order valence-corrected chi connectivity index (χ1v) is 8.80. The number of ether oxygens (including phenoxy) is 2. The van der Waals surface area contributed by atoms with E-state index in [0.717, 1.165) is 46.7 Å². The lowest BCUT2D eigenvalue weighted by Crippen LogP contribution is -2.49.